The van der Waals surface area contributed by atoms with Gasteiger partial charge in [-0.05, 0) is 12.3 Å². The van der Waals surface area contributed by atoms with Gasteiger partial charge in [0.05, 0.1) is 11.5 Å². The molecule has 0 spiro atoms. The molecule has 0 fully saturated rings. The second-order valence-corrected chi connectivity index (χ2v) is 5.78. The number of hydrogen-bond acceptors (Lipinski definition) is 2. The Hall–Kier alpha value is 0.240. The maximum absolute atomic E-state index is 11.3. The molecule has 0 aliphatic carbocycles. The van der Waals surface area contributed by atoms with Crippen LogP contribution in [0.2, 0.25) is 0 Å². The van der Waals surface area contributed by atoms with Gasteiger partial charge in [0, 0.05) is 5.88 Å². The molecule has 0 aliphatic rings. The molecule has 0 amide bonds. The van der Waals surface area contributed by atoms with Gasteiger partial charge >= 0.3 is 0 Å². The first-order valence-electron chi connectivity index (χ1n) is 4.28. The summed E-state index contributed by atoms with van der Waals surface area (Å²) in [5.74, 6) is 1.24. The Morgan fingerprint density at radius 3 is 2.42 bits per heavy atom. The quantitative estimate of drug-likeness (QED) is 0.632. The van der Waals surface area contributed by atoms with Crippen molar-refractivity contribution in [3.05, 3.63) is 0 Å². The zero-order chi connectivity index (χ0) is 9.61. The van der Waals surface area contributed by atoms with Gasteiger partial charge in [0.1, 0.15) is 0 Å². The molecule has 0 rings (SSSR count). The first-order valence-corrected chi connectivity index (χ1v) is 6.63. The van der Waals surface area contributed by atoms with Crippen LogP contribution in [0, 0.1) is 5.92 Å². The number of halogens is 1. The highest BCUT2D eigenvalue weighted by atomic mass is 35.5. The average molecular weight is 213 g/mol. The van der Waals surface area contributed by atoms with Gasteiger partial charge in [-0.15, -0.1) is 11.6 Å². The van der Waals surface area contributed by atoms with Crippen LogP contribution in [0.3, 0.4) is 0 Å². The summed E-state index contributed by atoms with van der Waals surface area (Å²) in [5.41, 5.74) is 0. The molecule has 4 heteroatoms. The van der Waals surface area contributed by atoms with E-state index in [1.807, 2.05) is 13.8 Å². The van der Waals surface area contributed by atoms with Gasteiger partial charge in [-0.25, -0.2) is 8.42 Å². The van der Waals surface area contributed by atoms with Crippen molar-refractivity contribution in [3.8, 4) is 0 Å². The Morgan fingerprint density at radius 2 is 2.00 bits per heavy atom. The molecular formula is C8H17ClO2S. The van der Waals surface area contributed by atoms with E-state index in [2.05, 4.69) is 0 Å². The first-order chi connectivity index (χ1) is 5.52. The second-order valence-electron chi connectivity index (χ2n) is 3.17. The third-order valence-electron chi connectivity index (χ3n) is 1.82. The van der Waals surface area contributed by atoms with Crippen LogP contribution in [0.25, 0.3) is 0 Å². The van der Waals surface area contributed by atoms with Crippen LogP contribution in [0.5, 0.6) is 0 Å². The van der Waals surface area contributed by atoms with Crippen molar-refractivity contribution in [1.82, 2.24) is 0 Å². The van der Waals surface area contributed by atoms with E-state index in [0.29, 0.717) is 18.1 Å². The third-order valence-corrected chi connectivity index (χ3v) is 4.08. The lowest BCUT2D eigenvalue weighted by Crippen LogP contribution is -2.16. The molecule has 0 aliphatic heterocycles. The van der Waals surface area contributed by atoms with E-state index < -0.39 is 9.84 Å². The van der Waals surface area contributed by atoms with Crippen LogP contribution in [0.15, 0.2) is 0 Å². The molecule has 74 valence electrons. The normalized spacial score (nSPS) is 14.6. The average Bonchev–Trinajstić information content (AvgIpc) is 2.00. The molecule has 0 radical (unpaired) electrons. The van der Waals surface area contributed by atoms with Gasteiger partial charge in [-0.3, -0.25) is 0 Å². The van der Waals surface area contributed by atoms with Crippen LogP contribution in [-0.4, -0.2) is 25.8 Å². The van der Waals surface area contributed by atoms with Crippen molar-refractivity contribution in [3.63, 3.8) is 0 Å². The molecule has 0 aromatic rings. The van der Waals surface area contributed by atoms with E-state index in [1.165, 1.54) is 0 Å². The zero-order valence-electron chi connectivity index (χ0n) is 7.72. The van der Waals surface area contributed by atoms with Gasteiger partial charge in [0.15, 0.2) is 9.84 Å². The van der Waals surface area contributed by atoms with Crippen molar-refractivity contribution in [1.29, 1.82) is 0 Å². The van der Waals surface area contributed by atoms with Crippen molar-refractivity contribution in [2.75, 3.05) is 17.4 Å². The predicted molar refractivity (Wildman–Crippen MR) is 53.4 cm³/mol. The van der Waals surface area contributed by atoms with Crippen molar-refractivity contribution in [2.45, 2.75) is 26.7 Å². The van der Waals surface area contributed by atoms with Crippen LogP contribution < -0.4 is 0 Å². The number of sulfone groups is 1. The Kier molecular flexibility index (Phi) is 5.93. The molecule has 1 atom stereocenters. The summed E-state index contributed by atoms with van der Waals surface area (Å²) in [7, 11) is -2.84. The Labute approximate surface area is 80.2 Å². The molecule has 0 aromatic carbocycles. The summed E-state index contributed by atoms with van der Waals surface area (Å²) in [4.78, 5) is 0. The number of alkyl halides is 1. The predicted octanol–water partition coefficient (Wildman–Crippen LogP) is 2.08. The van der Waals surface area contributed by atoms with Crippen molar-refractivity contribution >= 4 is 21.4 Å². The maximum atomic E-state index is 11.3. The largest absolute Gasteiger partial charge is 0.229 e. The monoisotopic (exact) mass is 212 g/mol. The molecular weight excluding hydrogens is 196 g/mol. The Bertz CT molecular complexity index is 199. The van der Waals surface area contributed by atoms with E-state index in [9.17, 15) is 8.42 Å². The molecule has 0 aromatic heterocycles. The van der Waals surface area contributed by atoms with E-state index >= 15 is 0 Å². The highest BCUT2D eigenvalue weighted by Crippen LogP contribution is 2.07. The fourth-order valence-electron chi connectivity index (χ4n) is 0.909. The molecule has 0 saturated heterocycles. The molecule has 0 saturated carbocycles. The van der Waals surface area contributed by atoms with Crippen molar-refractivity contribution < 1.29 is 8.42 Å². The van der Waals surface area contributed by atoms with Crippen molar-refractivity contribution in [2.24, 2.45) is 5.92 Å². The minimum absolute atomic E-state index is 0.237. The standard InChI is InChI=1S/C8H17ClO2S/c1-3-8(2)7-12(10,11)6-4-5-9/h8H,3-7H2,1-2H3. The van der Waals surface area contributed by atoms with E-state index in [0.717, 1.165) is 6.42 Å². The topological polar surface area (TPSA) is 34.1 Å². The smallest absolute Gasteiger partial charge is 0.150 e. The lowest BCUT2D eigenvalue weighted by Gasteiger charge is -2.08. The summed E-state index contributed by atoms with van der Waals surface area (Å²) < 4.78 is 22.6. The molecule has 2 nitrogen and oxygen atoms in total. The minimum atomic E-state index is -2.84. The van der Waals surface area contributed by atoms with E-state index in [-0.39, 0.29) is 11.7 Å². The SMILES string of the molecule is CCC(C)CS(=O)(=O)CCCCl. The summed E-state index contributed by atoms with van der Waals surface area (Å²) in [6, 6.07) is 0. The fourth-order valence-corrected chi connectivity index (χ4v) is 3.05. The first kappa shape index (κ1) is 12.2. The van der Waals surface area contributed by atoms with E-state index in [1.54, 1.807) is 0 Å². The van der Waals surface area contributed by atoms with Crippen LogP contribution in [-0.2, 0) is 9.84 Å². The number of hydrogen-bond donors (Lipinski definition) is 0. The second kappa shape index (κ2) is 5.81. The summed E-state index contributed by atoms with van der Waals surface area (Å²) in [6.07, 6.45) is 1.49. The molecule has 0 heterocycles. The molecule has 0 bridgehead atoms. The molecule has 12 heavy (non-hydrogen) atoms. The lowest BCUT2D eigenvalue weighted by molar-refractivity contribution is 0.563. The molecule has 0 N–H and O–H groups in total. The maximum Gasteiger partial charge on any atom is 0.150 e. The fraction of sp³-hybridized carbons (Fsp3) is 1.00. The zero-order valence-corrected chi connectivity index (χ0v) is 9.29. The Balaban J connectivity index is 3.88. The summed E-state index contributed by atoms with van der Waals surface area (Å²) >= 11 is 5.41. The summed E-state index contributed by atoms with van der Waals surface area (Å²) in [6.45, 7) is 3.96. The summed E-state index contributed by atoms with van der Waals surface area (Å²) in [5, 5.41) is 0. The number of rotatable bonds is 6. The van der Waals surface area contributed by atoms with Crippen LogP contribution in [0.4, 0.5) is 0 Å². The third kappa shape index (κ3) is 5.84. The Morgan fingerprint density at radius 1 is 1.42 bits per heavy atom. The van der Waals surface area contributed by atoms with Crippen LogP contribution >= 0.6 is 11.6 Å². The van der Waals surface area contributed by atoms with Gasteiger partial charge < -0.3 is 0 Å². The van der Waals surface area contributed by atoms with E-state index in [4.69, 9.17) is 11.6 Å². The lowest BCUT2D eigenvalue weighted by atomic mass is 10.2. The van der Waals surface area contributed by atoms with Gasteiger partial charge in [0.2, 0.25) is 0 Å². The van der Waals surface area contributed by atoms with Gasteiger partial charge in [-0.1, -0.05) is 20.3 Å². The van der Waals surface area contributed by atoms with Gasteiger partial charge in [-0.2, -0.15) is 0 Å². The van der Waals surface area contributed by atoms with Gasteiger partial charge in [0.25, 0.3) is 0 Å². The minimum Gasteiger partial charge on any atom is -0.229 e. The molecule has 1 unspecified atom stereocenters. The highest BCUT2D eigenvalue weighted by molar-refractivity contribution is 7.91. The highest BCUT2D eigenvalue weighted by Gasteiger charge is 2.13. The van der Waals surface area contributed by atoms with Crippen LogP contribution in [0.1, 0.15) is 26.7 Å².